The summed E-state index contributed by atoms with van der Waals surface area (Å²) in [6.07, 6.45) is 3.59. The minimum absolute atomic E-state index is 0.0557. The van der Waals surface area contributed by atoms with Crippen LogP contribution in [0, 0.1) is 19.8 Å². The maximum Gasteiger partial charge on any atom is 0.0924 e. The summed E-state index contributed by atoms with van der Waals surface area (Å²) in [5.41, 5.74) is 3.95. The molecule has 21 heavy (non-hydrogen) atoms. The first-order chi connectivity index (χ1) is 9.86. The highest BCUT2D eigenvalue weighted by molar-refractivity contribution is 5.32. The normalized spacial score (nSPS) is 34.9. The Kier molecular flexibility index (Phi) is 3.66. The van der Waals surface area contributed by atoms with Crippen LogP contribution in [0.2, 0.25) is 0 Å². The van der Waals surface area contributed by atoms with Crippen molar-refractivity contribution in [3.8, 4) is 0 Å². The first kappa shape index (κ1) is 15.1. The lowest BCUT2D eigenvalue weighted by Gasteiger charge is -2.31. The van der Waals surface area contributed by atoms with Crippen molar-refractivity contribution in [1.82, 2.24) is 0 Å². The molecule has 0 radical (unpaired) electrons. The minimum Gasteiger partial charge on any atom is -0.370 e. The van der Waals surface area contributed by atoms with Crippen LogP contribution in [0.4, 0.5) is 0 Å². The van der Waals surface area contributed by atoms with E-state index in [-0.39, 0.29) is 17.3 Å². The SMILES string of the molecule is Cc1cccc(C)c1CO[C@H]1C[C@]2(C(C)C)CC[C@@]1(C)O2. The zero-order chi connectivity index (χ0) is 15.3. The Morgan fingerprint density at radius 2 is 1.90 bits per heavy atom. The average Bonchev–Trinajstić information content (AvgIpc) is 2.90. The molecule has 0 saturated carbocycles. The Balaban J connectivity index is 1.73. The molecule has 116 valence electrons. The molecule has 3 atom stereocenters. The molecule has 1 aromatic rings. The molecule has 2 nitrogen and oxygen atoms in total. The predicted octanol–water partition coefficient (Wildman–Crippen LogP) is 4.56. The van der Waals surface area contributed by atoms with Crippen LogP contribution in [0.3, 0.4) is 0 Å². The molecule has 0 amide bonds. The van der Waals surface area contributed by atoms with E-state index in [0.717, 1.165) is 12.8 Å². The van der Waals surface area contributed by atoms with Gasteiger partial charge >= 0.3 is 0 Å². The van der Waals surface area contributed by atoms with Crippen LogP contribution in [-0.4, -0.2) is 17.3 Å². The monoisotopic (exact) mass is 288 g/mol. The number of benzene rings is 1. The zero-order valence-corrected chi connectivity index (χ0v) is 14.0. The Morgan fingerprint density at radius 1 is 1.24 bits per heavy atom. The predicted molar refractivity (Wildman–Crippen MR) is 85.4 cm³/mol. The quantitative estimate of drug-likeness (QED) is 0.809. The van der Waals surface area contributed by atoms with Crippen molar-refractivity contribution in [2.24, 2.45) is 5.92 Å². The van der Waals surface area contributed by atoms with Gasteiger partial charge in [0.2, 0.25) is 0 Å². The lowest BCUT2D eigenvalue weighted by molar-refractivity contribution is -0.0960. The van der Waals surface area contributed by atoms with Gasteiger partial charge in [0.1, 0.15) is 0 Å². The van der Waals surface area contributed by atoms with Crippen LogP contribution in [0.5, 0.6) is 0 Å². The molecule has 0 aromatic heterocycles. The smallest absolute Gasteiger partial charge is 0.0924 e. The van der Waals surface area contributed by atoms with Gasteiger partial charge in [0.25, 0.3) is 0 Å². The Labute approximate surface area is 128 Å². The molecule has 0 N–H and O–H groups in total. The van der Waals surface area contributed by atoms with Crippen molar-refractivity contribution in [2.75, 3.05) is 0 Å². The maximum atomic E-state index is 6.45. The summed E-state index contributed by atoms with van der Waals surface area (Å²) in [7, 11) is 0. The van der Waals surface area contributed by atoms with E-state index in [0.29, 0.717) is 12.5 Å². The third kappa shape index (κ3) is 2.43. The highest BCUT2D eigenvalue weighted by Crippen LogP contribution is 2.55. The minimum atomic E-state index is -0.0825. The van der Waals surface area contributed by atoms with E-state index < -0.39 is 0 Å². The molecular formula is C19H28O2. The summed E-state index contributed by atoms with van der Waals surface area (Å²) in [6, 6.07) is 6.45. The van der Waals surface area contributed by atoms with E-state index in [1.807, 2.05) is 0 Å². The second kappa shape index (κ2) is 5.10. The molecule has 3 rings (SSSR count). The van der Waals surface area contributed by atoms with Gasteiger partial charge in [0, 0.05) is 6.42 Å². The summed E-state index contributed by atoms with van der Waals surface area (Å²) >= 11 is 0. The number of hydrogen-bond donors (Lipinski definition) is 0. The number of hydrogen-bond acceptors (Lipinski definition) is 2. The average molecular weight is 288 g/mol. The standard InChI is InChI=1S/C19H28O2/c1-13(2)19-10-9-18(5,21-19)17(11-19)20-12-16-14(3)7-6-8-15(16)4/h6-8,13,17H,9-12H2,1-5H3/t17-,18+,19-/m0/s1. The van der Waals surface area contributed by atoms with Gasteiger partial charge in [-0.15, -0.1) is 0 Å². The summed E-state index contributed by atoms with van der Waals surface area (Å²) < 4.78 is 12.8. The zero-order valence-electron chi connectivity index (χ0n) is 14.0. The number of rotatable bonds is 4. The fourth-order valence-electron chi connectivity index (χ4n) is 4.06. The molecule has 0 aliphatic carbocycles. The van der Waals surface area contributed by atoms with Crippen molar-refractivity contribution in [3.63, 3.8) is 0 Å². The molecule has 0 spiro atoms. The molecule has 2 heteroatoms. The second-order valence-electron chi connectivity index (χ2n) is 7.51. The fourth-order valence-corrected chi connectivity index (χ4v) is 4.06. The fraction of sp³-hybridized carbons (Fsp3) is 0.684. The highest BCUT2D eigenvalue weighted by Gasteiger charge is 2.60. The van der Waals surface area contributed by atoms with E-state index in [2.05, 4.69) is 52.8 Å². The number of aryl methyl sites for hydroxylation is 2. The van der Waals surface area contributed by atoms with E-state index in [1.165, 1.54) is 23.1 Å². The molecule has 2 aliphatic rings. The van der Waals surface area contributed by atoms with Crippen molar-refractivity contribution in [2.45, 2.75) is 77.8 Å². The van der Waals surface area contributed by atoms with Gasteiger partial charge in [0.15, 0.2) is 0 Å². The summed E-state index contributed by atoms with van der Waals surface area (Å²) in [4.78, 5) is 0. The van der Waals surface area contributed by atoms with Crippen molar-refractivity contribution >= 4 is 0 Å². The lowest BCUT2D eigenvalue weighted by Crippen LogP contribution is -2.38. The van der Waals surface area contributed by atoms with Crippen LogP contribution in [0.25, 0.3) is 0 Å². The van der Waals surface area contributed by atoms with Gasteiger partial charge in [-0.3, -0.25) is 0 Å². The third-order valence-corrected chi connectivity index (χ3v) is 5.82. The molecule has 2 bridgehead atoms. The van der Waals surface area contributed by atoms with Gasteiger partial charge in [0.05, 0.1) is 23.9 Å². The van der Waals surface area contributed by atoms with E-state index in [4.69, 9.17) is 9.47 Å². The highest BCUT2D eigenvalue weighted by atomic mass is 16.6. The summed E-state index contributed by atoms with van der Waals surface area (Å²) in [6.45, 7) is 11.8. The molecule has 0 unspecified atom stereocenters. The molecular weight excluding hydrogens is 260 g/mol. The van der Waals surface area contributed by atoms with Gasteiger partial charge in [-0.1, -0.05) is 32.0 Å². The molecule has 2 heterocycles. The molecule has 2 fully saturated rings. The van der Waals surface area contributed by atoms with Gasteiger partial charge < -0.3 is 9.47 Å². The van der Waals surface area contributed by atoms with Gasteiger partial charge in [-0.25, -0.2) is 0 Å². The summed E-state index contributed by atoms with van der Waals surface area (Å²) in [5.74, 6) is 0.563. The molecule has 1 aromatic carbocycles. The third-order valence-electron chi connectivity index (χ3n) is 5.82. The van der Waals surface area contributed by atoms with Crippen LogP contribution in [0.15, 0.2) is 18.2 Å². The first-order valence-corrected chi connectivity index (χ1v) is 8.23. The number of fused-ring (bicyclic) bond motifs is 2. The Hall–Kier alpha value is -0.860. The van der Waals surface area contributed by atoms with E-state index in [9.17, 15) is 0 Å². The van der Waals surface area contributed by atoms with Crippen molar-refractivity contribution < 1.29 is 9.47 Å². The second-order valence-corrected chi connectivity index (χ2v) is 7.51. The van der Waals surface area contributed by atoms with Crippen molar-refractivity contribution in [3.05, 3.63) is 34.9 Å². The Morgan fingerprint density at radius 3 is 2.48 bits per heavy atom. The lowest BCUT2D eigenvalue weighted by atomic mass is 9.75. The van der Waals surface area contributed by atoms with E-state index >= 15 is 0 Å². The largest absolute Gasteiger partial charge is 0.370 e. The van der Waals surface area contributed by atoms with Crippen molar-refractivity contribution in [1.29, 1.82) is 0 Å². The summed E-state index contributed by atoms with van der Waals surface area (Å²) in [5, 5.41) is 0. The molecule has 2 aliphatic heterocycles. The van der Waals surface area contributed by atoms with Crippen LogP contribution in [-0.2, 0) is 16.1 Å². The van der Waals surface area contributed by atoms with Crippen LogP contribution >= 0.6 is 0 Å². The van der Waals surface area contributed by atoms with Gasteiger partial charge in [-0.05, 0) is 56.2 Å². The van der Waals surface area contributed by atoms with Gasteiger partial charge in [-0.2, -0.15) is 0 Å². The number of ether oxygens (including phenoxy) is 2. The first-order valence-electron chi connectivity index (χ1n) is 8.23. The topological polar surface area (TPSA) is 18.5 Å². The molecule has 2 saturated heterocycles. The van der Waals surface area contributed by atoms with Crippen LogP contribution in [0.1, 0.15) is 56.7 Å². The Bertz CT molecular complexity index is 516. The van der Waals surface area contributed by atoms with E-state index in [1.54, 1.807) is 0 Å². The van der Waals surface area contributed by atoms with Crippen LogP contribution < -0.4 is 0 Å². The maximum absolute atomic E-state index is 6.45.